The Morgan fingerprint density at radius 2 is 1.00 bits per heavy atom. The molecule has 0 saturated carbocycles. The Morgan fingerprint density at radius 3 is 1.33 bits per heavy atom. The van der Waals surface area contributed by atoms with Gasteiger partial charge in [-0.25, -0.2) is 0 Å². The summed E-state index contributed by atoms with van der Waals surface area (Å²) in [5, 5.41) is 0. The lowest BCUT2D eigenvalue weighted by molar-refractivity contribution is 0.0992. The molecular formula is C24H24N2O4. The molecule has 6 heteroatoms. The molecule has 0 fully saturated rings. The molecule has 0 atom stereocenters. The first-order valence-corrected chi connectivity index (χ1v) is 9.39. The van der Waals surface area contributed by atoms with Gasteiger partial charge in [0.05, 0.1) is 14.2 Å². The molecule has 6 nitrogen and oxygen atoms in total. The Kier molecular flexibility index (Phi) is 6.37. The van der Waals surface area contributed by atoms with Crippen LogP contribution in [0.25, 0.3) is 0 Å². The Balaban J connectivity index is 1.79. The highest BCUT2D eigenvalue weighted by Crippen LogP contribution is 2.22. The van der Waals surface area contributed by atoms with E-state index in [4.69, 9.17) is 9.47 Å². The summed E-state index contributed by atoms with van der Waals surface area (Å²) in [6.07, 6.45) is 0. The molecule has 0 spiro atoms. The fourth-order valence-electron chi connectivity index (χ4n) is 3.02. The van der Waals surface area contributed by atoms with Crippen LogP contribution in [-0.2, 0) is 0 Å². The highest BCUT2D eigenvalue weighted by molar-refractivity contribution is 6.10. The molecule has 0 bridgehead atoms. The quantitative estimate of drug-likeness (QED) is 0.616. The zero-order valence-electron chi connectivity index (χ0n) is 17.5. The van der Waals surface area contributed by atoms with E-state index in [9.17, 15) is 9.59 Å². The van der Waals surface area contributed by atoms with Crippen LogP contribution in [0, 0.1) is 0 Å². The number of methoxy groups -OCH3 is 2. The molecule has 3 aromatic rings. The molecule has 0 unspecified atom stereocenters. The van der Waals surface area contributed by atoms with Gasteiger partial charge in [0.25, 0.3) is 11.8 Å². The van der Waals surface area contributed by atoms with Crippen LogP contribution >= 0.6 is 0 Å². The number of nitrogens with zero attached hydrogens (tertiary/aromatic N) is 2. The van der Waals surface area contributed by atoms with Crippen molar-refractivity contribution in [1.82, 2.24) is 0 Å². The summed E-state index contributed by atoms with van der Waals surface area (Å²) in [7, 11) is 6.58. The average molecular weight is 404 g/mol. The molecule has 0 aliphatic rings. The lowest BCUT2D eigenvalue weighted by Gasteiger charge is -2.20. The van der Waals surface area contributed by atoms with Crippen molar-refractivity contribution in [3.63, 3.8) is 0 Å². The fraction of sp³-hybridized carbons (Fsp3) is 0.167. The number of amides is 2. The number of ether oxygens (including phenoxy) is 2. The number of hydrogen-bond donors (Lipinski definition) is 0. The van der Waals surface area contributed by atoms with Crippen molar-refractivity contribution >= 4 is 23.2 Å². The fourth-order valence-corrected chi connectivity index (χ4v) is 3.02. The minimum absolute atomic E-state index is 0.207. The molecule has 154 valence electrons. The number of carbonyl (C=O) groups is 2. The van der Waals surface area contributed by atoms with Gasteiger partial charge in [0.2, 0.25) is 0 Å². The zero-order valence-corrected chi connectivity index (χ0v) is 17.5. The van der Waals surface area contributed by atoms with Crippen molar-refractivity contribution in [1.29, 1.82) is 0 Å². The minimum atomic E-state index is -0.207. The van der Waals surface area contributed by atoms with Gasteiger partial charge in [0.1, 0.15) is 11.5 Å². The highest BCUT2D eigenvalue weighted by Gasteiger charge is 2.18. The molecular weight excluding hydrogens is 380 g/mol. The summed E-state index contributed by atoms with van der Waals surface area (Å²) >= 11 is 0. The van der Waals surface area contributed by atoms with Gasteiger partial charge in [-0.05, 0) is 66.7 Å². The zero-order chi connectivity index (χ0) is 21.7. The SMILES string of the molecule is COc1ccc(N(C)C(=O)c2cccc(C(=O)N(C)c3ccc(OC)cc3)c2)cc1. The van der Waals surface area contributed by atoms with Crippen LogP contribution in [0.15, 0.2) is 72.8 Å². The van der Waals surface area contributed by atoms with Crippen LogP contribution in [0.1, 0.15) is 20.7 Å². The van der Waals surface area contributed by atoms with Crippen molar-refractivity contribution in [2.75, 3.05) is 38.1 Å². The van der Waals surface area contributed by atoms with Crippen molar-refractivity contribution in [3.8, 4) is 11.5 Å². The van der Waals surface area contributed by atoms with Gasteiger partial charge >= 0.3 is 0 Å². The second-order valence-electron chi connectivity index (χ2n) is 6.71. The number of carbonyl (C=O) groups excluding carboxylic acids is 2. The Labute approximate surface area is 176 Å². The van der Waals surface area contributed by atoms with Gasteiger partial charge in [0.15, 0.2) is 0 Å². The summed E-state index contributed by atoms with van der Waals surface area (Å²) in [6.45, 7) is 0. The molecule has 0 aliphatic heterocycles. The third-order valence-corrected chi connectivity index (χ3v) is 4.89. The summed E-state index contributed by atoms with van der Waals surface area (Å²) < 4.78 is 10.3. The van der Waals surface area contributed by atoms with Gasteiger partial charge in [-0.2, -0.15) is 0 Å². The van der Waals surface area contributed by atoms with Crippen LogP contribution in [0.2, 0.25) is 0 Å². The lowest BCUT2D eigenvalue weighted by Crippen LogP contribution is -2.28. The predicted molar refractivity (Wildman–Crippen MR) is 118 cm³/mol. The smallest absolute Gasteiger partial charge is 0.258 e. The summed E-state index contributed by atoms with van der Waals surface area (Å²) in [6, 6.07) is 21.1. The van der Waals surface area contributed by atoms with E-state index in [0.29, 0.717) is 22.6 Å². The Bertz CT molecular complexity index is 949. The van der Waals surface area contributed by atoms with Crippen LogP contribution in [-0.4, -0.2) is 40.1 Å². The van der Waals surface area contributed by atoms with E-state index in [2.05, 4.69) is 0 Å². The molecule has 0 heterocycles. The van der Waals surface area contributed by atoms with E-state index < -0.39 is 0 Å². The third kappa shape index (κ3) is 4.43. The normalized spacial score (nSPS) is 10.3. The molecule has 0 aromatic heterocycles. The average Bonchev–Trinajstić information content (AvgIpc) is 2.82. The maximum absolute atomic E-state index is 12.9. The highest BCUT2D eigenvalue weighted by atomic mass is 16.5. The van der Waals surface area contributed by atoms with Crippen LogP contribution in [0.4, 0.5) is 11.4 Å². The molecule has 0 aliphatic carbocycles. The molecule has 30 heavy (non-hydrogen) atoms. The van der Waals surface area contributed by atoms with Gasteiger partial charge in [-0.15, -0.1) is 0 Å². The van der Waals surface area contributed by atoms with Crippen molar-refractivity contribution in [2.24, 2.45) is 0 Å². The molecule has 0 saturated heterocycles. The standard InChI is InChI=1S/C24H24N2O4/c1-25(19-8-12-21(29-3)13-9-19)23(27)17-6-5-7-18(16-17)24(28)26(2)20-10-14-22(30-4)15-11-20/h5-16H,1-4H3. The number of benzene rings is 3. The van der Waals surface area contributed by atoms with E-state index in [1.165, 1.54) is 9.80 Å². The van der Waals surface area contributed by atoms with E-state index in [-0.39, 0.29) is 11.8 Å². The minimum Gasteiger partial charge on any atom is -0.497 e. The molecule has 0 N–H and O–H groups in total. The summed E-state index contributed by atoms with van der Waals surface area (Å²) in [4.78, 5) is 29.0. The van der Waals surface area contributed by atoms with Gasteiger partial charge < -0.3 is 19.3 Å². The van der Waals surface area contributed by atoms with Crippen molar-refractivity contribution in [2.45, 2.75) is 0 Å². The topological polar surface area (TPSA) is 59.1 Å². The molecule has 3 aromatic carbocycles. The molecule has 2 amide bonds. The van der Waals surface area contributed by atoms with Gasteiger partial charge in [-0.1, -0.05) is 6.07 Å². The third-order valence-electron chi connectivity index (χ3n) is 4.89. The first kappa shape index (κ1) is 20.9. The van der Waals surface area contributed by atoms with E-state index >= 15 is 0 Å². The van der Waals surface area contributed by atoms with E-state index in [0.717, 1.165) is 11.4 Å². The Morgan fingerprint density at radius 1 is 0.633 bits per heavy atom. The second-order valence-corrected chi connectivity index (χ2v) is 6.71. The number of rotatable bonds is 6. The second kappa shape index (κ2) is 9.13. The largest absolute Gasteiger partial charge is 0.497 e. The Hall–Kier alpha value is -3.80. The monoisotopic (exact) mass is 404 g/mol. The summed E-state index contributed by atoms with van der Waals surface area (Å²) in [5.41, 5.74) is 2.32. The van der Waals surface area contributed by atoms with Crippen LogP contribution in [0.3, 0.4) is 0 Å². The summed E-state index contributed by atoms with van der Waals surface area (Å²) in [5.74, 6) is 1.02. The van der Waals surface area contributed by atoms with E-state index in [1.54, 1.807) is 76.8 Å². The first-order valence-electron chi connectivity index (χ1n) is 9.39. The first-order chi connectivity index (χ1) is 14.4. The van der Waals surface area contributed by atoms with Crippen molar-refractivity contribution < 1.29 is 19.1 Å². The van der Waals surface area contributed by atoms with Crippen LogP contribution in [0.5, 0.6) is 11.5 Å². The maximum atomic E-state index is 12.9. The van der Waals surface area contributed by atoms with Gasteiger partial charge in [-0.3, -0.25) is 9.59 Å². The number of anilines is 2. The molecule has 0 radical (unpaired) electrons. The van der Waals surface area contributed by atoms with Crippen LogP contribution < -0.4 is 19.3 Å². The molecule has 3 rings (SSSR count). The predicted octanol–water partition coefficient (Wildman–Crippen LogP) is 4.26. The van der Waals surface area contributed by atoms with Gasteiger partial charge in [0, 0.05) is 36.6 Å². The van der Waals surface area contributed by atoms with E-state index in [1.807, 2.05) is 24.3 Å². The lowest BCUT2D eigenvalue weighted by atomic mass is 10.1. The number of hydrogen-bond acceptors (Lipinski definition) is 4. The maximum Gasteiger partial charge on any atom is 0.258 e. The van der Waals surface area contributed by atoms with Crippen molar-refractivity contribution in [3.05, 3.63) is 83.9 Å².